The van der Waals surface area contributed by atoms with E-state index in [4.69, 9.17) is 5.73 Å². The molecule has 1 rings (SSSR count). The minimum atomic E-state index is -0.622. The third-order valence-electron chi connectivity index (χ3n) is 2.22. The van der Waals surface area contributed by atoms with E-state index < -0.39 is 19.4 Å². The monoisotopic (exact) mass is 290 g/mol. The molecule has 72 valence electrons. The van der Waals surface area contributed by atoms with E-state index in [9.17, 15) is 8.78 Å². The molecule has 5 heteroatoms. The zero-order chi connectivity index (χ0) is 9.14. The lowest BCUT2D eigenvalue weighted by Crippen LogP contribution is -2.43. The summed E-state index contributed by atoms with van der Waals surface area (Å²) in [5, 5.41) is 0. The van der Waals surface area contributed by atoms with Gasteiger partial charge in [0.05, 0.1) is 10.1 Å². The Morgan fingerprint density at radius 1 is 1.50 bits per heavy atom. The molecule has 0 aromatic rings. The first-order chi connectivity index (χ1) is 5.70. The van der Waals surface area contributed by atoms with Crippen molar-refractivity contribution in [3.63, 3.8) is 0 Å². The molecule has 1 fully saturated rings. The van der Waals surface area contributed by atoms with Crippen molar-refractivity contribution in [2.24, 2.45) is 5.73 Å². The second-order valence-corrected chi connectivity index (χ2v) is 4.30. The Morgan fingerprint density at radius 2 is 2.08 bits per heavy atom. The summed E-state index contributed by atoms with van der Waals surface area (Å²) in [5.41, 5.74) is 5.72. The Kier molecular flexibility index (Phi) is 4.12. The van der Waals surface area contributed by atoms with E-state index in [1.54, 1.807) is 0 Å². The van der Waals surface area contributed by atoms with Crippen molar-refractivity contribution in [1.82, 2.24) is 4.90 Å². The summed E-state index contributed by atoms with van der Waals surface area (Å²) in [6.45, 7) is -0.529. The van der Waals surface area contributed by atoms with E-state index in [0.717, 1.165) is 6.42 Å². The lowest BCUT2D eigenvalue weighted by molar-refractivity contribution is 0.160. The topological polar surface area (TPSA) is 29.3 Å². The van der Waals surface area contributed by atoms with Gasteiger partial charge in [0.15, 0.2) is 0 Å². The first kappa shape index (κ1) is 10.6. The lowest BCUT2D eigenvalue weighted by Gasteiger charge is -2.26. The van der Waals surface area contributed by atoms with E-state index >= 15 is 0 Å². The van der Waals surface area contributed by atoms with Crippen molar-refractivity contribution >= 4 is 22.6 Å². The summed E-state index contributed by atoms with van der Waals surface area (Å²) in [7, 11) is 0. The van der Waals surface area contributed by atoms with Gasteiger partial charge >= 0.3 is 0 Å². The molecule has 2 N–H and O–H groups in total. The van der Waals surface area contributed by atoms with Crippen LogP contribution in [0.1, 0.15) is 6.42 Å². The van der Waals surface area contributed by atoms with Gasteiger partial charge in [-0.25, -0.2) is 8.78 Å². The number of rotatable bonds is 3. The molecular formula is C7H13F2IN2. The second kappa shape index (κ2) is 4.66. The standard InChI is InChI=1S/C7H13F2IN2/c8-3-5(4-9)12-2-1-6(11)7(12)10/h5-7H,1-4,11H2. The van der Waals surface area contributed by atoms with Gasteiger partial charge in [0.2, 0.25) is 0 Å². The fourth-order valence-electron chi connectivity index (χ4n) is 1.41. The molecule has 1 saturated heterocycles. The highest BCUT2D eigenvalue weighted by Crippen LogP contribution is 2.24. The van der Waals surface area contributed by atoms with E-state index in [2.05, 4.69) is 22.6 Å². The summed E-state index contributed by atoms with van der Waals surface area (Å²) in [6.07, 6.45) is 0.837. The molecule has 0 bridgehead atoms. The number of hydrogen-bond acceptors (Lipinski definition) is 2. The van der Waals surface area contributed by atoms with E-state index in [1.165, 1.54) is 0 Å². The van der Waals surface area contributed by atoms with Crippen LogP contribution in [0.25, 0.3) is 0 Å². The summed E-state index contributed by atoms with van der Waals surface area (Å²) >= 11 is 2.15. The van der Waals surface area contributed by atoms with Crippen LogP contribution in [0.3, 0.4) is 0 Å². The maximum atomic E-state index is 12.3. The van der Waals surface area contributed by atoms with Crippen LogP contribution in [-0.2, 0) is 0 Å². The molecule has 1 heterocycles. The van der Waals surface area contributed by atoms with Gasteiger partial charge in [-0.05, 0) is 6.42 Å². The zero-order valence-electron chi connectivity index (χ0n) is 6.72. The number of nitrogens with two attached hydrogens (primary N) is 1. The SMILES string of the molecule is NC1CCN(C(CF)CF)C1I. The maximum Gasteiger partial charge on any atom is 0.107 e. The molecule has 12 heavy (non-hydrogen) atoms. The Morgan fingerprint density at radius 3 is 2.42 bits per heavy atom. The summed E-state index contributed by atoms with van der Waals surface area (Å²) in [6, 6.07) is -0.522. The predicted octanol–water partition coefficient (Wildman–Crippen LogP) is 1.09. The van der Waals surface area contributed by atoms with Gasteiger partial charge in [0, 0.05) is 12.6 Å². The quantitative estimate of drug-likeness (QED) is 0.479. The molecule has 1 aliphatic heterocycles. The average Bonchev–Trinajstić information content (AvgIpc) is 2.38. The normalized spacial score (nSPS) is 31.8. The Labute approximate surface area is 84.6 Å². The van der Waals surface area contributed by atoms with Crippen LogP contribution in [0.4, 0.5) is 8.78 Å². The maximum absolute atomic E-state index is 12.3. The van der Waals surface area contributed by atoms with Crippen molar-refractivity contribution in [2.75, 3.05) is 19.9 Å². The number of nitrogens with zero attached hydrogens (tertiary/aromatic N) is 1. The van der Waals surface area contributed by atoms with Crippen LogP contribution in [-0.4, -0.2) is 40.9 Å². The van der Waals surface area contributed by atoms with Gasteiger partial charge in [0.25, 0.3) is 0 Å². The zero-order valence-corrected chi connectivity index (χ0v) is 8.88. The summed E-state index contributed by atoms with van der Waals surface area (Å²) < 4.78 is 24.7. The van der Waals surface area contributed by atoms with Crippen LogP contribution in [0.5, 0.6) is 0 Å². The first-order valence-corrected chi connectivity index (χ1v) is 5.22. The van der Waals surface area contributed by atoms with Crippen molar-refractivity contribution in [3.8, 4) is 0 Å². The predicted molar refractivity (Wildman–Crippen MR) is 52.8 cm³/mol. The molecule has 0 radical (unpaired) electrons. The van der Waals surface area contributed by atoms with Gasteiger partial charge in [-0.1, -0.05) is 22.6 Å². The van der Waals surface area contributed by atoms with Crippen LogP contribution in [0.2, 0.25) is 0 Å². The first-order valence-electron chi connectivity index (χ1n) is 3.98. The molecule has 0 amide bonds. The Balaban J connectivity index is 2.51. The molecule has 0 aromatic heterocycles. The van der Waals surface area contributed by atoms with Crippen molar-refractivity contribution < 1.29 is 8.78 Å². The smallest absolute Gasteiger partial charge is 0.107 e. The summed E-state index contributed by atoms with van der Waals surface area (Å²) in [5.74, 6) is 0. The number of alkyl halides is 3. The largest absolute Gasteiger partial charge is 0.326 e. The summed E-state index contributed by atoms with van der Waals surface area (Å²) in [4.78, 5) is 1.81. The number of likely N-dealkylation sites (tertiary alicyclic amines) is 1. The highest BCUT2D eigenvalue weighted by Gasteiger charge is 2.34. The molecular weight excluding hydrogens is 277 g/mol. The molecule has 2 nitrogen and oxygen atoms in total. The molecule has 0 saturated carbocycles. The minimum Gasteiger partial charge on any atom is -0.326 e. The number of halogens is 3. The second-order valence-electron chi connectivity index (χ2n) is 3.03. The number of hydrogen-bond donors (Lipinski definition) is 1. The molecule has 1 aliphatic rings. The van der Waals surface area contributed by atoms with Crippen LogP contribution >= 0.6 is 22.6 Å². The van der Waals surface area contributed by atoms with Crippen LogP contribution < -0.4 is 5.73 Å². The van der Waals surface area contributed by atoms with Crippen molar-refractivity contribution in [1.29, 1.82) is 0 Å². The van der Waals surface area contributed by atoms with Crippen LogP contribution in [0, 0.1) is 0 Å². The molecule has 0 spiro atoms. The molecule has 0 aromatic carbocycles. The highest BCUT2D eigenvalue weighted by atomic mass is 127. The molecule has 2 atom stereocenters. The van der Waals surface area contributed by atoms with Gasteiger partial charge in [-0.3, -0.25) is 4.90 Å². The Bertz CT molecular complexity index is 143. The Hall–Kier alpha value is 0.510. The van der Waals surface area contributed by atoms with Gasteiger partial charge in [-0.2, -0.15) is 0 Å². The minimum absolute atomic E-state index is 0.0613. The van der Waals surface area contributed by atoms with Crippen molar-refractivity contribution in [3.05, 3.63) is 0 Å². The average molecular weight is 290 g/mol. The molecule has 0 aliphatic carbocycles. The fraction of sp³-hybridized carbons (Fsp3) is 1.00. The van der Waals surface area contributed by atoms with Gasteiger partial charge in [-0.15, -0.1) is 0 Å². The van der Waals surface area contributed by atoms with Gasteiger partial charge < -0.3 is 5.73 Å². The van der Waals surface area contributed by atoms with E-state index in [-0.39, 0.29) is 10.1 Å². The van der Waals surface area contributed by atoms with Gasteiger partial charge in [0.1, 0.15) is 13.3 Å². The fourth-order valence-corrected chi connectivity index (χ4v) is 2.50. The highest BCUT2D eigenvalue weighted by molar-refractivity contribution is 14.1. The third kappa shape index (κ3) is 2.05. The van der Waals surface area contributed by atoms with Crippen molar-refractivity contribution in [2.45, 2.75) is 22.6 Å². The van der Waals surface area contributed by atoms with Crippen LogP contribution in [0.15, 0.2) is 0 Å². The van der Waals surface area contributed by atoms with E-state index in [0.29, 0.717) is 6.54 Å². The van der Waals surface area contributed by atoms with E-state index in [1.807, 2.05) is 4.90 Å². The molecule has 2 unspecified atom stereocenters. The third-order valence-corrected chi connectivity index (χ3v) is 3.86. The lowest BCUT2D eigenvalue weighted by atomic mass is 10.3.